The number of carbonyl (C=O) groups excluding carboxylic acids is 2. The quantitative estimate of drug-likeness (QED) is 0.326. The predicted molar refractivity (Wildman–Crippen MR) is 55.3 cm³/mol. The van der Waals surface area contributed by atoms with Gasteiger partial charge in [-0.05, 0) is 12.1 Å². The highest BCUT2D eigenvalue weighted by molar-refractivity contribution is 5.88. The zero-order chi connectivity index (χ0) is 11.1. The molecule has 0 aromatic heterocycles. The van der Waals surface area contributed by atoms with E-state index in [1.165, 1.54) is 25.3 Å². The van der Waals surface area contributed by atoms with Gasteiger partial charge in [-0.15, -0.1) is 0 Å². The van der Waals surface area contributed by atoms with Crippen LogP contribution in [0.5, 0.6) is 0 Å². The van der Waals surface area contributed by atoms with Crippen molar-refractivity contribution >= 4 is 23.8 Å². The van der Waals surface area contributed by atoms with Crippen LogP contribution in [0, 0.1) is 0 Å². The SMILES string of the molecule is COC(=O)/C=C/c1ccccc1N=C=O. The Morgan fingerprint density at radius 1 is 1.47 bits per heavy atom. The van der Waals surface area contributed by atoms with Gasteiger partial charge < -0.3 is 4.74 Å². The minimum absolute atomic E-state index is 0.458. The molecule has 4 nitrogen and oxygen atoms in total. The summed E-state index contributed by atoms with van der Waals surface area (Å²) in [6.45, 7) is 0. The smallest absolute Gasteiger partial charge is 0.330 e. The number of hydrogen-bond acceptors (Lipinski definition) is 4. The van der Waals surface area contributed by atoms with Crippen LogP contribution in [0.2, 0.25) is 0 Å². The molecule has 1 aromatic rings. The first kappa shape index (κ1) is 10.9. The molecule has 0 atom stereocenters. The largest absolute Gasteiger partial charge is 0.466 e. The van der Waals surface area contributed by atoms with Crippen molar-refractivity contribution in [2.75, 3.05) is 7.11 Å². The summed E-state index contributed by atoms with van der Waals surface area (Å²) in [5.74, 6) is -0.458. The number of methoxy groups -OCH3 is 1. The van der Waals surface area contributed by atoms with E-state index in [1.807, 2.05) is 0 Å². The molecule has 0 N–H and O–H groups in total. The highest BCUT2D eigenvalue weighted by Gasteiger charge is 1.97. The van der Waals surface area contributed by atoms with Crippen molar-refractivity contribution in [2.24, 2.45) is 4.99 Å². The van der Waals surface area contributed by atoms with E-state index in [2.05, 4.69) is 9.73 Å². The average molecular weight is 203 g/mol. The highest BCUT2D eigenvalue weighted by Crippen LogP contribution is 2.19. The number of isocyanates is 1. The fourth-order valence-corrected chi connectivity index (χ4v) is 1.01. The lowest BCUT2D eigenvalue weighted by atomic mass is 10.1. The molecule has 0 heterocycles. The maximum Gasteiger partial charge on any atom is 0.330 e. The Balaban J connectivity index is 2.98. The molecule has 0 fully saturated rings. The molecule has 15 heavy (non-hydrogen) atoms. The van der Waals surface area contributed by atoms with Gasteiger partial charge in [0.15, 0.2) is 0 Å². The van der Waals surface area contributed by atoms with E-state index in [9.17, 15) is 9.59 Å². The number of aliphatic imine (C=N–C) groups is 1. The summed E-state index contributed by atoms with van der Waals surface area (Å²) in [6.07, 6.45) is 4.24. The van der Waals surface area contributed by atoms with Crippen molar-refractivity contribution in [1.29, 1.82) is 0 Å². The number of esters is 1. The molecule has 1 aromatic carbocycles. The van der Waals surface area contributed by atoms with Gasteiger partial charge >= 0.3 is 5.97 Å². The van der Waals surface area contributed by atoms with E-state index in [0.29, 0.717) is 11.3 Å². The molecule has 0 bridgehead atoms. The minimum Gasteiger partial charge on any atom is -0.466 e. The molecule has 0 saturated carbocycles. The number of benzene rings is 1. The summed E-state index contributed by atoms with van der Waals surface area (Å²) in [5.41, 5.74) is 1.12. The van der Waals surface area contributed by atoms with E-state index in [4.69, 9.17) is 0 Å². The molecule has 0 spiro atoms. The van der Waals surface area contributed by atoms with Gasteiger partial charge in [0, 0.05) is 11.6 Å². The maximum atomic E-state index is 10.8. The van der Waals surface area contributed by atoms with Gasteiger partial charge in [-0.1, -0.05) is 18.2 Å². The molecule has 0 saturated heterocycles. The lowest BCUT2D eigenvalue weighted by molar-refractivity contribution is -0.134. The Labute approximate surface area is 86.9 Å². The van der Waals surface area contributed by atoms with Gasteiger partial charge in [-0.2, -0.15) is 4.99 Å². The van der Waals surface area contributed by atoms with Crippen molar-refractivity contribution < 1.29 is 14.3 Å². The first-order chi connectivity index (χ1) is 7.27. The van der Waals surface area contributed by atoms with E-state index in [0.717, 1.165) is 0 Å². The fraction of sp³-hybridized carbons (Fsp3) is 0.0909. The monoisotopic (exact) mass is 203 g/mol. The number of nitrogens with zero attached hydrogens (tertiary/aromatic N) is 1. The van der Waals surface area contributed by atoms with Gasteiger partial charge in [0.05, 0.1) is 12.8 Å². The molecule has 0 aliphatic carbocycles. The lowest BCUT2D eigenvalue weighted by Crippen LogP contribution is -1.93. The van der Waals surface area contributed by atoms with Crippen LogP contribution in [0.25, 0.3) is 6.08 Å². The van der Waals surface area contributed by atoms with Gasteiger partial charge in [0.1, 0.15) is 0 Å². The first-order valence-corrected chi connectivity index (χ1v) is 4.21. The van der Waals surface area contributed by atoms with Crippen molar-refractivity contribution in [3.8, 4) is 0 Å². The topological polar surface area (TPSA) is 55.7 Å². The minimum atomic E-state index is -0.458. The van der Waals surface area contributed by atoms with Gasteiger partial charge in [-0.3, -0.25) is 0 Å². The molecule has 0 aliphatic heterocycles. The van der Waals surface area contributed by atoms with Crippen LogP contribution >= 0.6 is 0 Å². The molecule has 4 heteroatoms. The molecule has 0 unspecified atom stereocenters. The summed E-state index contributed by atoms with van der Waals surface area (Å²) in [5, 5.41) is 0. The molecule has 0 aliphatic rings. The normalized spacial score (nSPS) is 9.67. The van der Waals surface area contributed by atoms with Crippen molar-refractivity contribution in [3.05, 3.63) is 35.9 Å². The Morgan fingerprint density at radius 2 is 2.20 bits per heavy atom. The predicted octanol–water partition coefficient (Wildman–Crippen LogP) is 1.84. The summed E-state index contributed by atoms with van der Waals surface area (Å²) in [4.78, 5) is 24.5. The Hall–Kier alpha value is -2.19. The third kappa shape index (κ3) is 3.21. The average Bonchev–Trinajstić information content (AvgIpc) is 2.28. The molecular formula is C11H9NO3. The van der Waals surface area contributed by atoms with Crippen LogP contribution < -0.4 is 0 Å². The highest BCUT2D eigenvalue weighted by atomic mass is 16.5. The molecular weight excluding hydrogens is 194 g/mol. The number of rotatable bonds is 3. The summed E-state index contributed by atoms with van der Waals surface area (Å²) < 4.78 is 4.44. The van der Waals surface area contributed by atoms with Crippen molar-refractivity contribution in [3.63, 3.8) is 0 Å². The van der Waals surface area contributed by atoms with Gasteiger partial charge in [-0.25, -0.2) is 9.59 Å². The third-order valence-corrected chi connectivity index (χ3v) is 1.70. The van der Waals surface area contributed by atoms with E-state index < -0.39 is 5.97 Å². The number of ether oxygens (including phenoxy) is 1. The number of carbonyl (C=O) groups is 1. The standard InChI is InChI=1S/C11H9NO3/c1-15-11(14)7-6-9-4-2-3-5-10(9)12-8-13/h2-7H,1H3/b7-6+. The van der Waals surface area contributed by atoms with Crippen LogP contribution in [-0.2, 0) is 14.3 Å². The Kier molecular flexibility index (Phi) is 4.01. The summed E-state index contributed by atoms with van der Waals surface area (Å²) in [6, 6.07) is 6.91. The lowest BCUT2D eigenvalue weighted by Gasteiger charge is -1.96. The maximum absolute atomic E-state index is 10.8. The third-order valence-electron chi connectivity index (χ3n) is 1.70. The summed E-state index contributed by atoms with van der Waals surface area (Å²) >= 11 is 0. The van der Waals surface area contributed by atoms with Crippen LogP contribution in [0.4, 0.5) is 5.69 Å². The van der Waals surface area contributed by atoms with E-state index in [-0.39, 0.29) is 0 Å². The fourth-order valence-electron chi connectivity index (χ4n) is 1.01. The van der Waals surface area contributed by atoms with E-state index in [1.54, 1.807) is 24.3 Å². The van der Waals surface area contributed by atoms with Gasteiger partial charge in [0.2, 0.25) is 6.08 Å². The van der Waals surface area contributed by atoms with Crippen LogP contribution in [0.3, 0.4) is 0 Å². The Morgan fingerprint density at radius 3 is 2.87 bits per heavy atom. The van der Waals surface area contributed by atoms with Crippen molar-refractivity contribution in [2.45, 2.75) is 0 Å². The Bertz CT molecular complexity index is 431. The molecule has 0 amide bonds. The summed E-state index contributed by atoms with van der Waals surface area (Å²) in [7, 11) is 1.29. The second kappa shape index (κ2) is 5.52. The second-order valence-electron chi connectivity index (χ2n) is 2.62. The second-order valence-corrected chi connectivity index (χ2v) is 2.62. The zero-order valence-corrected chi connectivity index (χ0v) is 8.14. The number of hydrogen-bond donors (Lipinski definition) is 0. The molecule has 76 valence electrons. The molecule has 1 rings (SSSR count). The van der Waals surface area contributed by atoms with E-state index >= 15 is 0 Å². The number of para-hydroxylation sites is 1. The van der Waals surface area contributed by atoms with Crippen LogP contribution in [0.1, 0.15) is 5.56 Å². The zero-order valence-electron chi connectivity index (χ0n) is 8.14. The van der Waals surface area contributed by atoms with Crippen molar-refractivity contribution in [1.82, 2.24) is 0 Å². The van der Waals surface area contributed by atoms with Crippen LogP contribution in [0.15, 0.2) is 35.3 Å². The van der Waals surface area contributed by atoms with Gasteiger partial charge in [0.25, 0.3) is 0 Å². The molecule has 0 radical (unpaired) electrons. The first-order valence-electron chi connectivity index (χ1n) is 4.21. The van der Waals surface area contributed by atoms with Crippen LogP contribution in [-0.4, -0.2) is 19.2 Å².